The highest BCUT2D eigenvalue weighted by molar-refractivity contribution is 5.89. The molecule has 4 nitrogen and oxygen atoms in total. The van der Waals surface area contributed by atoms with Gasteiger partial charge in [0, 0.05) is 32.2 Å². The summed E-state index contributed by atoms with van der Waals surface area (Å²) in [7, 11) is 0. The molecule has 104 valence electrons. The van der Waals surface area contributed by atoms with E-state index in [0.717, 1.165) is 25.2 Å². The van der Waals surface area contributed by atoms with Gasteiger partial charge >= 0.3 is 5.97 Å². The summed E-state index contributed by atoms with van der Waals surface area (Å²) < 4.78 is 0. The van der Waals surface area contributed by atoms with Crippen LogP contribution in [0.1, 0.15) is 29.8 Å². The maximum atomic E-state index is 11.2. The molecule has 0 aromatic heterocycles. The summed E-state index contributed by atoms with van der Waals surface area (Å²) in [5.74, 6) is -0.247. The monoisotopic (exact) mass is 262 g/mol. The molecule has 0 aliphatic carbocycles. The van der Waals surface area contributed by atoms with E-state index in [1.165, 1.54) is 0 Å². The molecule has 0 radical (unpaired) electrons. The van der Waals surface area contributed by atoms with Crippen molar-refractivity contribution in [1.82, 2.24) is 10.2 Å². The van der Waals surface area contributed by atoms with Crippen LogP contribution in [0.4, 0.5) is 0 Å². The zero-order valence-electron chi connectivity index (χ0n) is 11.6. The van der Waals surface area contributed by atoms with Gasteiger partial charge in [-0.05, 0) is 17.5 Å². The summed E-state index contributed by atoms with van der Waals surface area (Å²) in [4.78, 5) is 13.5. The van der Waals surface area contributed by atoms with Gasteiger partial charge in [-0.2, -0.15) is 0 Å². The van der Waals surface area contributed by atoms with Crippen molar-refractivity contribution in [3.63, 3.8) is 0 Å². The molecular weight excluding hydrogens is 240 g/mol. The molecule has 19 heavy (non-hydrogen) atoms. The first kappa shape index (κ1) is 14.0. The predicted molar refractivity (Wildman–Crippen MR) is 75.3 cm³/mol. The highest BCUT2D eigenvalue weighted by Crippen LogP contribution is 2.15. The number of carbonyl (C=O) groups is 1. The first-order valence-electron chi connectivity index (χ1n) is 6.85. The second-order valence-electron chi connectivity index (χ2n) is 5.50. The lowest BCUT2D eigenvalue weighted by molar-refractivity contribution is 0.0693. The summed E-state index contributed by atoms with van der Waals surface area (Å²) in [5, 5.41) is 12.7. The van der Waals surface area contributed by atoms with Crippen molar-refractivity contribution in [3.8, 4) is 0 Å². The summed E-state index contributed by atoms with van der Waals surface area (Å²) in [6, 6.07) is 7.77. The molecule has 1 aromatic rings. The lowest BCUT2D eigenvalue weighted by atomic mass is 10.0. The largest absolute Gasteiger partial charge is 0.478 e. The fraction of sp³-hybridized carbons (Fsp3) is 0.533. The van der Waals surface area contributed by atoms with Gasteiger partial charge in [0.2, 0.25) is 0 Å². The molecule has 1 heterocycles. The Morgan fingerprint density at radius 1 is 1.47 bits per heavy atom. The number of piperazine rings is 1. The lowest BCUT2D eigenvalue weighted by Gasteiger charge is -2.36. The van der Waals surface area contributed by atoms with E-state index < -0.39 is 5.97 Å². The Morgan fingerprint density at radius 3 is 2.89 bits per heavy atom. The van der Waals surface area contributed by atoms with E-state index in [1.54, 1.807) is 12.1 Å². The Labute approximate surface area is 114 Å². The minimum absolute atomic E-state index is 0.419. The minimum Gasteiger partial charge on any atom is -0.478 e. The van der Waals surface area contributed by atoms with Crippen molar-refractivity contribution in [3.05, 3.63) is 35.4 Å². The van der Waals surface area contributed by atoms with Crippen LogP contribution in [0.2, 0.25) is 0 Å². The summed E-state index contributed by atoms with van der Waals surface area (Å²) in [5.41, 5.74) is 1.32. The number of rotatable bonds is 4. The van der Waals surface area contributed by atoms with Crippen LogP contribution in [0.15, 0.2) is 24.3 Å². The molecule has 1 aliphatic rings. The van der Waals surface area contributed by atoms with Crippen LogP contribution in [0, 0.1) is 5.92 Å². The van der Waals surface area contributed by atoms with Crippen LogP contribution in [0.5, 0.6) is 0 Å². The van der Waals surface area contributed by atoms with Crippen LogP contribution in [-0.2, 0) is 6.54 Å². The number of carboxylic acid groups (broad SMARTS) is 1. The number of hydrogen-bond donors (Lipinski definition) is 2. The molecule has 2 rings (SSSR count). The van der Waals surface area contributed by atoms with Crippen molar-refractivity contribution >= 4 is 5.97 Å². The molecule has 1 unspecified atom stereocenters. The fourth-order valence-corrected chi connectivity index (χ4v) is 2.54. The molecule has 2 N–H and O–H groups in total. The third kappa shape index (κ3) is 3.55. The molecule has 4 heteroatoms. The first-order chi connectivity index (χ1) is 9.08. The van der Waals surface area contributed by atoms with Crippen molar-refractivity contribution in [2.45, 2.75) is 26.4 Å². The van der Waals surface area contributed by atoms with Crippen LogP contribution < -0.4 is 5.32 Å². The summed E-state index contributed by atoms with van der Waals surface area (Å²) in [6.45, 7) is 8.06. The van der Waals surface area contributed by atoms with Gasteiger partial charge in [0.1, 0.15) is 0 Å². The van der Waals surface area contributed by atoms with E-state index in [4.69, 9.17) is 0 Å². The topological polar surface area (TPSA) is 52.6 Å². The second kappa shape index (κ2) is 6.17. The van der Waals surface area contributed by atoms with Gasteiger partial charge in [0.25, 0.3) is 0 Å². The number of aromatic carboxylic acids is 1. The Bertz CT molecular complexity index is 446. The molecule has 0 amide bonds. The van der Waals surface area contributed by atoms with Crippen molar-refractivity contribution < 1.29 is 9.90 Å². The number of hydrogen-bond acceptors (Lipinski definition) is 3. The van der Waals surface area contributed by atoms with Crippen molar-refractivity contribution in [2.75, 3.05) is 19.6 Å². The van der Waals surface area contributed by atoms with Crippen LogP contribution in [0.3, 0.4) is 0 Å². The molecule has 1 atom stereocenters. The predicted octanol–water partition coefficient (Wildman–Crippen LogP) is 1.81. The van der Waals surface area contributed by atoms with Crippen molar-refractivity contribution in [1.29, 1.82) is 0 Å². The molecule has 1 saturated heterocycles. The summed E-state index contributed by atoms with van der Waals surface area (Å²) >= 11 is 0. The normalized spacial score (nSPS) is 20.7. The molecule has 0 saturated carbocycles. The van der Waals surface area contributed by atoms with Gasteiger partial charge < -0.3 is 10.4 Å². The standard InChI is InChI=1S/C15H22N2O2/c1-11(2)14-10-17(8-7-16-14)9-12-5-3-4-6-13(12)15(18)19/h3-6,11,14,16H,7-10H2,1-2H3,(H,18,19). The second-order valence-corrected chi connectivity index (χ2v) is 5.50. The highest BCUT2D eigenvalue weighted by atomic mass is 16.4. The smallest absolute Gasteiger partial charge is 0.336 e. The Hall–Kier alpha value is -1.39. The SMILES string of the molecule is CC(C)C1CN(Cc2ccccc2C(=O)O)CCN1. The van der Waals surface area contributed by atoms with Gasteiger partial charge in [-0.1, -0.05) is 32.0 Å². The van der Waals surface area contributed by atoms with E-state index in [0.29, 0.717) is 24.1 Å². The van der Waals surface area contributed by atoms with E-state index in [9.17, 15) is 9.90 Å². The Morgan fingerprint density at radius 2 is 2.21 bits per heavy atom. The maximum absolute atomic E-state index is 11.2. The van der Waals surface area contributed by atoms with Crippen LogP contribution in [-0.4, -0.2) is 41.7 Å². The lowest BCUT2D eigenvalue weighted by Crippen LogP contribution is -2.52. The maximum Gasteiger partial charge on any atom is 0.336 e. The van der Waals surface area contributed by atoms with Crippen molar-refractivity contribution in [2.24, 2.45) is 5.92 Å². The van der Waals surface area contributed by atoms with Crippen LogP contribution >= 0.6 is 0 Å². The quantitative estimate of drug-likeness (QED) is 0.869. The van der Waals surface area contributed by atoms with Gasteiger partial charge in [-0.15, -0.1) is 0 Å². The first-order valence-corrected chi connectivity index (χ1v) is 6.85. The third-order valence-electron chi connectivity index (χ3n) is 3.74. The molecule has 1 fully saturated rings. The average molecular weight is 262 g/mol. The molecule has 1 aromatic carbocycles. The van der Waals surface area contributed by atoms with E-state index >= 15 is 0 Å². The summed E-state index contributed by atoms with van der Waals surface area (Å²) in [6.07, 6.45) is 0. The molecule has 0 spiro atoms. The van der Waals surface area contributed by atoms with Gasteiger partial charge in [-0.25, -0.2) is 4.79 Å². The molecule has 1 aliphatic heterocycles. The van der Waals surface area contributed by atoms with Gasteiger partial charge in [0.05, 0.1) is 5.56 Å². The Kier molecular flexibility index (Phi) is 4.56. The van der Waals surface area contributed by atoms with E-state index in [2.05, 4.69) is 24.1 Å². The number of nitrogens with one attached hydrogen (secondary N) is 1. The zero-order chi connectivity index (χ0) is 13.8. The third-order valence-corrected chi connectivity index (χ3v) is 3.74. The van der Waals surface area contributed by atoms with E-state index in [-0.39, 0.29) is 0 Å². The van der Waals surface area contributed by atoms with E-state index in [1.807, 2.05) is 12.1 Å². The highest BCUT2D eigenvalue weighted by Gasteiger charge is 2.22. The average Bonchev–Trinajstić information content (AvgIpc) is 2.39. The van der Waals surface area contributed by atoms with Gasteiger partial charge in [-0.3, -0.25) is 4.90 Å². The minimum atomic E-state index is -0.842. The fourth-order valence-electron chi connectivity index (χ4n) is 2.54. The number of benzene rings is 1. The molecule has 0 bridgehead atoms. The number of nitrogens with zero attached hydrogens (tertiary/aromatic N) is 1. The van der Waals surface area contributed by atoms with Crippen LogP contribution in [0.25, 0.3) is 0 Å². The zero-order valence-corrected chi connectivity index (χ0v) is 11.6. The Balaban J connectivity index is 2.07. The van der Waals surface area contributed by atoms with Gasteiger partial charge in [0.15, 0.2) is 0 Å². The molecular formula is C15H22N2O2. The number of carboxylic acids is 1.